The average Bonchev–Trinajstić information content (AvgIpc) is 2.47. The Morgan fingerprint density at radius 1 is 1.25 bits per heavy atom. The topological polar surface area (TPSA) is 56.3 Å². The van der Waals surface area contributed by atoms with Gasteiger partial charge in [0.2, 0.25) is 11.8 Å². The van der Waals surface area contributed by atoms with Crippen LogP contribution in [0.4, 0.5) is 10.3 Å². The van der Waals surface area contributed by atoms with E-state index in [1.165, 1.54) is 12.1 Å². The second-order valence-electron chi connectivity index (χ2n) is 4.23. The van der Waals surface area contributed by atoms with Crippen LogP contribution in [0.2, 0.25) is 0 Å². The number of ether oxygens (including phenoxy) is 2. The van der Waals surface area contributed by atoms with Crippen molar-refractivity contribution in [1.82, 2.24) is 9.97 Å². The van der Waals surface area contributed by atoms with Gasteiger partial charge in [-0.25, -0.2) is 9.37 Å². The molecule has 20 heavy (non-hydrogen) atoms. The smallest absolute Gasteiger partial charge is 0.226 e. The molecule has 0 saturated heterocycles. The quantitative estimate of drug-likeness (QED) is 0.879. The van der Waals surface area contributed by atoms with E-state index in [-0.39, 0.29) is 11.9 Å². The van der Waals surface area contributed by atoms with Crippen LogP contribution in [0.5, 0.6) is 11.6 Å². The second kappa shape index (κ2) is 6.70. The first-order valence-electron chi connectivity index (χ1n) is 6.19. The van der Waals surface area contributed by atoms with Crippen molar-refractivity contribution in [3.05, 3.63) is 42.3 Å². The molecule has 1 heterocycles. The monoisotopic (exact) mass is 277 g/mol. The Labute approximate surface area is 116 Å². The molecule has 0 aliphatic carbocycles. The van der Waals surface area contributed by atoms with E-state index in [0.717, 1.165) is 0 Å². The van der Waals surface area contributed by atoms with Crippen molar-refractivity contribution in [2.75, 3.05) is 19.0 Å². The number of nitrogens with one attached hydrogen (secondary N) is 1. The number of hydrogen-bond donors (Lipinski definition) is 1. The van der Waals surface area contributed by atoms with E-state index in [2.05, 4.69) is 15.3 Å². The molecular formula is C14H16FN3O2. The van der Waals surface area contributed by atoms with Gasteiger partial charge in [-0.15, -0.1) is 0 Å². The number of hydrogen-bond acceptors (Lipinski definition) is 5. The second-order valence-corrected chi connectivity index (χ2v) is 4.23. The van der Waals surface area contributed by atoms with Crippen molar-refractivity contribution in [2.24, 2.45) is 0 Å². The summed E-state index contributed by atoms with van der Waals surface area (Å²) in [6.07, 6.45) is 1.61. The highest BCUT2D eigenvalue weighted by Gasteiger charge is 2.06. The molecule has 1 aromatic heterocycles. The first kappa shape index (κ1) is 14.0. The van der Waals surface area contributed by atoms with Crippen LogP contribution in [-0.2, 0) is 0 Å². The van der Waals surface area contributed by atoms with Gasteiger partial charge in [-0.1, -0.05) is 0 Å². The predicted molar refractivity (Wildman–Crippen MR) is 73.6 cm³/mol. The SMILES string of the molecule is COc1ccnc(NC(C)COc2ccc(F)cc2)n1. The highest BCUT2D eigenvalue weighted by Crippen LogP contribution is 2.12. The largest absolute Gasteiger partial charge is 0.491 e. The molecule has 6 heteroatoms. The Hall–Kier alpha value is -2.37. The summed E-state index contributed by atoms with van der Waals surface area (Å²) in [4.78, 5) is 8.23. The maximum absolute atomic E-state index is 12.7. The van der Waals surface area contributed by atoms with E-state index in [1.54, 1.807) is 31.5 Å². The van der Waals surface area contributed by atoms with Crippen molar-refractivity contribution >= 4 is 5.95 Å². The number of nitrogens with zero attached hydrogens (tertiary/aromatic N) is 2. The zero-order valence-corrected chi connectivity index (χ0v) is 11.3. The first-order chi connectivity index (χ1) is 9.67. The fraction of sp³-hybridized carbons (Fsp3) is 0.286. The molecule has 0 bridgehead atoms. The van der Waals surface area contributed by atoms with Crippen LogP contribution in [-0.4, -0.2) is 29.7 Å². The van der Waals surface area contributed by atoms with E-state index in [0.29, 0.717) is 24.2 Å². The summed E-state index contributed by atoms with van der Waals surface area (Å²) in [5, 5.41) is 3.10. The van der Waals surface area contributed by atoms with Gasteiger partial charge in [0.1, 0.15) is 18.2 Å². The molecule has 0 spiro atoms. The van der Waals surface area contributed by atoms with Gasteiger partial charge >= 0.3 is 0 Å². The van der Waals surface area contributed by atoms with Crippen molar-refractivity contribution in [3.63, 3.8) is 0 Å². The van der Waals surface area contributed by atoms with E-state index < -0.39 is 0 Å². The van der Waals surface area contributed by atoms with Gasteiger partial charge < -0.3 is 14.8 Å². The molecule has 0 radical (unpaired) electrons. The Balaban J connectivity index is 1.85. The Bertz CT molecular complexity index is 548. The van der Waals surface area contributed by atoms with Crippen LogP contribution in [0, 0.1) is 5.82 Å². The average molecular weight is 277 g/mol. The van der Waals surface area contributed by atoms with Crippen LogP contribution in [0.3, 0.4) is 0 Å². The van der Waals surface area contributed by atoms with E-state index >= 15 is 0 Å². The van der Waals surface area contributed by atoms with Gasteiger partial charge in [0.05, 0.1) is 13.2 Å². The maximum atomic E-state index is 12.7. The summed E-state index contributed by atoms with van der Waals surface area (Å²) in [6, 6.07) is 7.56. The highest BCUT2D eigenvalue weighted by molar-refractivity contribution is 5.29. The molecule has 106 valence electrons. The Morgan fingerprint density at radius 2 is 2.00 bits per heavy atom. The Kier molecular flexibility index (Phi) is 4.70. The molecule has 1 N–H and O–H groups in total. The van der Waals surface area contributed by atoms with Gasteiger partial charge in [-0.05, 0) is 31.2 Å². The van der Waals surface area contributed by atoms with Gasteiger partial charge in [-0.2, -0.15) is 4.98 Å². The number of halogens is 1. The predicted octanol–water partition coefficient (Wildman–Crippen LogP) is 2.50. The van der Waals surface area contributed by atoms with E-state index in [1.807, 2.05) is 6.92 Å². The van der Waals surface area contributed by atoms with E-state index in [4.69, 9.17) is 9.47 Å². The van der Waals surface area contributed by atoms with Crippen LogP contribution in [0.25, 0.3) is 0 Å². The van der Waals surface area contributed by atoms with Crippen LogP contribution >= 0.6 is 0 Å². The summed E-state index contributed by atoms with van der Waals surface area (Å²) in [5.41, 5.74) is 0. The molecule has 0 fully saturated rings. The normalized spacial score (nSPS) is 11.8. The zero-order chi connectivity index (χ0) is 14.4. The molecule has 0 amide bonds. The molecule has 1 aromatic carbocycles. The zero-order valence-electron chi connectivity index (χ0n) is 11.3. The molecule has 0 saturated carbocycles. The van der Waals surface area contributed by atoms with Crippen LogP contribution in [0.1, 0.15) is 6.92 Å². The number of rotatable bonds is 6. The third kappa shape index (κ3) is 4.08. The van der Waals surface area contributed by atoms with Gasteiger partial charge in [0.15, 0.2) is 0 Å². The van der Waals surface area contributed by atoms with Crippen molar-refractivity contribution in [1.29, 1.82) is 0 Å². The number of anilines is 1. The molecule has 0 aliphatic heterocycles. The molecular weight excluding hydrogens is 261 g/mol. The lowest BCUT2D eigenvalue weighted by Crippen LogP contribution is -2.24. The highest BCUT2D eigenvalue weighted by atomic mass is 19.1. The van der Waals surface area contributed by atoms with Gasteiger partial charge in [0, 0.05) is 12.3 Å². The molecule has 1 atom stereocenters. The minimum atomic E-state index is -0.284. The minimum absolute atomic E-state index is 0.00726. The minimum Gasteiger partial charge on any atom is -0.491 e. The van der Waals surface area contributed by atoms with Crippen molar-refractivity contribution in [3.8, 4) is 11.6 Å². The maximum Gasteiger partial charge on any atom is 0.226 e. The fourth-order valence-electron chi connectivity index (χ4n) is 1.54. The van der Waals surface area contributed by atoms with Gasteiger partial charge in [0.25, 0.3) is 0 Å². The van der Waals surface area contributed by atoms with E-state index in [9.17, 15) is 4.39 Å². The first-order valence-corrected chi connectivity index (χ1v) is 6.19. The van der Waals surface area contributed by atoms with Crippen LogP contribution in [0.15, 0.2) is 36.5 Å². The summed E-state index contributed by atoms with van der Waals surface area (Å²) < 4.78 is 23.3. The standard InChI is InChI=1S/C14H16FN3O2/c1-10(9-20-12-5-3-11(15)4-6-12)17-14-16-8-7-13(18-14)19-2/h3-8,10H,9H2,1-2H3,(H,16,17,18). The van der Waals surface area contributed by atoms with Crippen molar-refractivity contribution < 1.29 is 13.9 Å². The summed E-state index contributed by atoms with van der Waals surface area (Å²) in [6.45, 7) is 2.35. The van der Waals surface area contributed by atoms with Gasteiger partial charge in [-0.3, -0.25) is 0 Å². The third-order valence-corrected chi connectivity index (χ3v) is 2.53. The fourth-order valence-corrected chi connectivity index (χ4v) is 1.54. The molecule has 5 nitrogen and oxygen atoms in total. The Morgan fingerprint density at radius 3 is 2.70 bits per heavy atom. The number of methoxy groups -OCH3 is 1. The molecule has 0 aliphatic rings. The van der Waals surface area contributed by atoms with Crippen molar-refractivity contribution in [2.45, 2.75) is 13.0 Å². The summed E-state index contributed by atoms with van der Waals surface area (Å²) in [7, 11) is 1.55. The lowest BCUT2D eigenvalue weighted by Gasteiger charge is -2.15. The number of aromatic nitrogens is 2. The molecule has 2 rings (SSSR count). The third-order valence-electron chi connectivity index (χ3n) is 2.53. The number of benzene rings is 1. The van der Waals surface area contributed by atoms with Crippen LogP contribution < -0.4 is 14.8 Å². The summed E-state index contributed by atoms with van der Waals surface area (Å²) in [5.74, 6) is 1.30. The lowest BCUT2D eigenvalue weighted by atomic mass is 10.3. The summed E-state index contributed by atoms with van der Waals surface area (Å²) >= 11 is 0. The molecule has 2 aromatic rings. The lowest BCUT2D eigenvalue weighted by molar-refractivity contribution is 0.303. The molecule has 1 unspecified atom stereocenters.